The Labute approximate surface area is 167 Å². The Balaban J connectivity index is 1.63. The highest BCUT2D eigenvalue weighted by Crippen LogP contribution is 2.27. The number of benzene rings is 1. The van der Waals surface area contributed by atoms with Gasteiger partial charge in [0.1, 0.15) is 11.1 Å². The number of carbonyl (C=O) groups excluding carboxylic acids is 2. The second-order valence-electron chi connectivity index (χ2n) is 6.52. The van der Waals surface area contributed by atoms with E-state index in [2.05, 4.69) is 5.32 Å². The van der Waals surface area contributed by atoms with Crippen LogP contribution in [0.1, 0.15) is 35.7 Å². The number of hydrogen-bond donors (Lipinski definition) is 1. The van der Waals surface area contributed by atoms with Crippen LogP contribution < -0.4 is 5.32 Å². The van der Waals surface area contributed by atoms with Gasteiger partial charge in [-0.3, -0.25) is 9.59 Å². The molecule has 7 nitrogen and oxygen atoms in total. The summed E-state index contributed by atoms with van der Waals surface area (Å²) in [6, 6.07) is 9.55. The molecule has 0 aliphatic carbocycles. The quantitative estimate of drug-likeness (QED) is 0.753. The number of nitrogens with one attached hydrogen (secondary N) is 1. The lowest BCUT2D eigenvalue weighted by molar-refractivity contribution is -0.120. The van der Waals surface area contributed by atoms with Gasteiger partial charge in [0, 0.05) is 24.6 Å². The monoisotopic (exact) mass is 417 g/mol. The highest BCUT2D eigenvalue weighted by molar-refractivity contribution is 7.89. The minimum atomic E-state index is -3.66. The van der Waals surface area contributed by atoms with Gasteiger partial charge in [0.2, 0.25) is 15.9 Å². The Bertz CT molecular complexity index is 1030. The molecule has 1 amide bonds. The van der Waals surface area contributed by atoms with Crippen molar-refractivity contribution in [3.63, 3.8) is 0 Å². The number of nitrogens with zero attached hydrogens (tertiary/aromatic N) is 2. The summed E-state index contributed by atoms with van der Waals surface area (Å²) in [5.74, 6) is -0.622. The molecule has 146 valence electrons. The summed E-state index contributed by atoms with van der Waals surface area (Å²) in [4.78, 5) is 23.9. The minimum absolute atomic E-state index is 0.124. The van der Waals surface area contributed by atoms with Crippen molar-refractivity contribution in [2.75, 3.05) is 18.4 Å². The van der Waals surface area contributed by atoms with Gasteiger partial charge >= 0.3 is 0 Å². The number of anilines is 1. The van der Waals surface area contributed by atoms with E-state index in [9.17, 15) is 18.0 Å². The molecule has 1 N–H and O–H groups in total. The molecule has 1 aliphatic heterocycles. The van der Waals surface area contributed by atoms with Gasteiger partial charge < -0.3 is 5.32 Å². The van der Waals surface area contributed by atoms with E-state index in [1.807, 2.05) is 6.07 Å². The number of Topliss-reactive ketones (excluding diaryl/α,β-unsaturated/α-hetero) is 1. The summed E-state index contributed by atoms with van der Waals surface area (Å²) < 4.78 is 26.9. The molecule has 0 spiro atoms. The number of rotatable bonds is 5. The lowest BCUT2D eigenvalue weighted by atomic mass is 9.97. The van der Waals surface area contributed by atoms with Crippen molar-refractivity contribution >= 4 is 38.1 Å². The van der Waals surface area contributed by atoms with E-state index < -0.39 is 10.0 Å². The lowest BCUT2D eigenvalue weighted by Crippen LogP contribution is -2.41. The van der Waals surface area contributed by atoms with E-state index >= 15 is 0 Å². The molecule has 9 heteroatoms. The Kier molecular flexibility index (Phi) is 5.93. The molecule has 1 fully saturated rings. The molecule has 3 rings (SSSR count). The smallest absolute Gasteiger partial charge is 0.243 e. The van der Waals surface area contributed by atoms with Crippen LogP contribution in [-0.2, 0) is 14.8 Å². The van der Waals surface area contributed by atoms with E-state index in [-0.39, 0.29) is 35.6 Å². The van der Waals surface area contributed by atoms with Crippen LogP contribution in [0, 0.1) is 17.2 Å². The van der Waals surface area contributed by atoms with Gasteiger partial charge in [-0.05, 0) is 43.3 Å². The number of amides is 1. The zero-order valence-electron chi connectivity index (χ0n) is 15.2. The molecule has 2 heterocycles. The average molecular weight is 418 g/mol. The summed E-state index contributed by atoms with van der Waals surface area (Å²) in [5.41, 5.74) is 0.881. The first-order valence-corrected chi connectivity index (χ1v) is 11.0. The van der Waals surface area contributed by atoms with Crippen LogP contribution in [0.5, 0.6) is 0 Å². The second kappa shape index (κ2) is 8.22. The fourth-order valence-electron chi connectivity index (χ4n) is 3.08. The maximum Gasteiger partial charge on any atom is 0.243 e. The number of ketones is 1. The molecular weight excluding hydrogens is 398 g/mol. The minimum Gasteiger partial charge on any atom is -0.316 e. The maximum absolute atomic E-state index is 12.8. The molecule has 0 bridgehead atoms. The number of carbonyl (C=O) groups is 2. The highest BCUT2D eigenvalue weighted by atomic mass is 32.2. The zero-order valence-corrected chi connectivity index (χ0v) is 16.8. The van der Waals surface area contributed by atoms with Crippen molar-refractivity contribution < 1.29 is 18.0 Å². The molecule has 28 heavy (non-hydrogen) atoms. The fraction of sp³-hybridized carbons (Fsp3) is 0.316. The van der Waals surface area contributed by atoms with Crippen LogP contribution in [0.3, 0.4) is 0 Å². The number of thiophene rings is 1. The van der Waals surface area contributed by atoms with Crippen LogP contribution in [0.2, 0.25) is 0 Å². The first-order valence-electron chi connectivity index (χ1n) is 8.72. The van der Waals surface area contributed by atoms with E-state index in [4.69, 9.17) is 5.26 Å². The van der Waals surface area contributed by atoms with Crippen molar-refractivity contribution in [2.24, 2.45) is 5.92 Å². The third-order valence-electron chi connectivity index (χ3n) is 4.75. The maximum atomic E-state index is 12.8. The van der Waals surface area contributed by atoms with Crippen molar-refractivity contribution in [3.05, 3.63) is 46.8 Å². The molecule has 0 unspecified atom stereocenters. The van der Waals surface area contributed by atoms with Gasteiger partial charge in [-0.15, -0.1) is 11.3 Å². The Morgan fingerprint density at radius 1 is 1.18 bits per heavy atom. The molecule has 0 radical (unpaired) electrons. The number of piperidine rings is 1. The Morgan fingerprint density at radius 2 is 1.82 bits per heavy atom. The van der Waals surface area contributed by atoms with Crippen LogP contribution in [-0.4, -0.2) is 37.5 Å². The van der Waals surface area contributed by atoms with Gasteiger partial charge in [-0.25, -0.2) is 8.42 Å². The van der Waals surface area contributed by atoms with Crippen molar-refractivity contribution in [2.45, 2.75) is 24.7 Å². The van der Waals surface area contributed by atoms with Gasteiger partial charge in [-0.2, -0.15) is 9.57 Å². The molecular formula is C19H19N3O4S2. The molecule has 2 aromatic rings. The van der Waals surface area contributed by atoms with Crippen LogP contribution in [0.4, 0.5) is 5.00 Å². The summed E-state index contributed by atoms with van der Waals surface area (Å²) in [7, 11) is -3.66. The summed E-state index contributed by atoms with van der Waals surface area (Å²) in [6.07, 6.45) is 0.813. The Morgan fingerprint density at radius 3 is 2.39 bits per heavy atom. The predicted octanol–water partition coefficient (Wildman–Crippen LogP) is 2.86. The second-order valence-corrected chi connectivity index (χ2v) is 9.38. The molecule has 1 aliphatic rings. The van der Waals surface area contributed by atoms with Gasteiger partial charge in [0.05, 0.1) is 10.5 Å². The van der Waals surface area contributed by atoms with Crippen molar-refractivity contribution in [1.82, 2.24) is 4.31 Å². The Hall–Kier alpha value is -2.54. The van der Waals surface area contributed by atoms with E-state index in [1.165, 1.54) is 46.8 Å². The fourth-order valence-corrected chi connectivity index (χ4v) is 5.29. The lowest BCUT2D eigenvalue weighted by Gasteiger charge is -2.30. The molecule has 1 aromatic carbocycles. The van der Waals surface area contributed by atoms with Crippen LogP contribution in [0.15, 0.2) is 40.6 Å². The predicted molar refractivity (Wildman–Crippen MR) is 106 cm³/mol. The largest absolute Gasteiger partial charge is 0.316 e. The summed E-state index contributed by atoms with van der Waals surface area (Å²) in [5, 5.41) is 14.1. The molecule has 0 atom stereocenters. The average Bonchev–Trinajstić information content (AvgIpc) is 3.15. The highest BCUT2D eigenvalue weighted by Gasteiger charge is 2.32. The van der Waals surface area contributed by atoms with E-state index in [0.29, 0.717) is 29.0 Å². The van der Waals surface area contributed by atoms with E-state index in [1.54, 1.807) is 11.4 Å². The molecule has 0 saturated carbocycles. The van der Waals surface area contributed by atoms with Crippen molar-refractivity contribution in [1.29, 1.82) is 5.26 Å². The summed E-state index contributed by atoms with van der Waals surface area (Å²) in [6.45, 7) is 1.91. The van der Waals surface area contributed by atoms with Crippen LogP contribution in [0.25, 0.3) is 0 Å². The molecule has 1 saturated heterocycles. The SMILES string of the molecule is CC(=O)c1ccc(S(=O)(=O)N2CCC(C(=O)Nc3sccc3C#N)CC2)cc1. The normalized spacial score (nSPS) is 15.7. The number of hydrogen-bond acceptors (Lipinski definition) is 6. The summed E-state index contributed by atoms with van der Waals surface area (Å²) >= 11 is 1.29. The molecule has 1 aromatic heterocycles. The first kappa shape index (κ1) is 20.2. The standard InChI is InChI=1S/C19H19N3O4S2/c1-13(23)14-2-4-17(5-3-14)28(25,26)22-9-6-15(7-10-22)18(24)21-19-16(12-20)8-11-27-19/h2-5,8,11,15H,6-7,9-10H2,1H3,(H,21,24). The van der Waals surface area contributed by atoms with E-state index in [0.717, 1.165) is 0 Å². The number of sulfonamides is 1. The third kappa shape index (κ3) is 4.14. The number of nitriles is 1. The third-order valence-corrected chi connectivity index (χ3v) is 7.49. The van der Waals surface area contributed by atoms with Crippen molar-refractivity contribution in [3.8, 4) is 6.07 Å². The zero-order chi connectivity index (χ0) is 20.3. The van der Waals surface area contributed by atoms with Gasteiger partial charge in [0.25, 0.3) is 0 Å². The van der Waals surface area contributed by atoms with Gasteiger partial charge in [-0.1, -0.05) is 12.1 Å². The van der Waals surface area contributed by atoms with Gasteiger partial charge in [0.15, 0.2) is 5.78 Å². The topological polar surface area (TPSA) is 107 Å². The first-order chi connectivity index (χ1) is 13.3. The van der Waals surface area contributed by atoms with Crippen LogP contribution >= 0.6 is 11.3 Å².